The summed E-state index contributed by atoms with van der Waals surface area (Å²) in [6.45, 7) is 8.45. The Hall–Kier alpha value is -1.57. The number of ketones is 1. The van der Waals surface area contributed by atoms with E-state index in [4.69, 9.17) is 4.42 Å². The summed E-state index contributed by atoms with van der Waals surface area (Å²) in [5.41, 5.74) is 5.16. The zero-order chi connectivity index (χ0) is 16.1. The molecule has 1 heterocycles. The van der Waals surface area contributed by atoms with Crippen LogP contribution in [0.25, 0.3) is 6.08 Å². The predicted octanol–water partition coefficient (Wildman–Crippen LogP) is 5.65. The quantitative estimate of drug-likeness (QED) is 0.580. The molecule has 1 aliphatic rings. The van der Waals surface area contributed by atoms with Gasteiger partial charge in [-0.05, 0) is 64.5 Å². The third-order valence-electron chi connectivity index (χ3n) is 4.69. The summed E-state index contributed by atoms with van der Waals surface area (Å²) in [5.74, 6) is 1.52. The monoisotopic (exact) mass is 300 g/mol. The van der Waals surface area contributed by atoms with Crippen LogP contribution in [0.15, 0.2) is 27.9 Å². The van der Waals surface area contributed by atoms with Crippen molar-refractivity contribution in [1.29, 1.82) is 0 Å². The van der Waals surface area contributed by atoms with Crippen molar-refractivity contribution in [3.05, 3.63) is 40.4 Å². The minimum atomic E-state index is 0.168. The van der Waals surface area contributed by atoms with Crippen LogP contribution >= 0.6 is 0 Å². The number of aryl methyl sites for hydroxylation is 1. The largest absolute Gasteiger partial charge is 0.464 e. The molecule has 2 nitrogen and oxygen atoms in total. The number of allylic oxidation sites excluding steroid dienone is 3. The first-order valence-electron chi connectivity index (χ1n) is 8.40. The summed E-state index contributed by atoms with van der Waals surface area (Å²) in [5, 5.41) is 0. The molecular weight excluding hydrogens is 272 g/mol. The smallest absolute Gasteiger partial charge is 0.136 e. The molecule has 0 aliphatic heterocycles. The summed E-state index contributed by atoms with van der Waals surface area (Å²) in [6, 6.07) is 0. The average molecular weight is 300 g/mol. The van der Waals surface area contributed by atoms with Crippen LogP contribution in [0.4, 0.5) is 0 Å². The molecule has 1 aromatic heterocycles. The Morgan fingerprint density at radius 2 is 1.77 bits per heavy atom. The van der Waals surface area contributed by atoms with Crippen LogP contribution in [0.5, 0.6) is 0 Å². The molecule has 0 fully saturated rings. The third kappa shape index (κ3) is 4.46. The highest BCUT2D eigenvalue weighted by molar-refractivity contribution is 5.81. The van der Waals surface area contributed by atoms with Crippen molar-refractivity contribution in [2.24, 2.45) is 5.92 Å². The SMILES string of the molecule is C/C1=C\c2occ(C)c2CC/C(C)=C/CC[C@@H](C)C(=O)CC1. The van der Waals surface area contributed by atoms with Crippen LogP contribution in [-0.2, 0) is 11.2 Å². The fraction of sp³-hybridized carbons (Fsp3) is 0.550. The first-order valence-corrected chi connectivity index (χ1v) is 8.40. The summed E-state index contributed by atoms with van der Waals surface area (Å²) in [6.07, 6.45) is 11.8. The van der Waals surface area contributed by atoms with E-state index in [1.165, 1.54) is 22.3 Å². The molecule has 1 aromatic rings. The molecule has 2 rings (SSSR count). The fourth-order valence-corrected chi connectivity index (χ4v) is 2.96. The van der Waals surface area contributed by atoms with Gasteiger partial charge < -0.3 is 4.42 Å². The lowest BCUT2D eigenvalue weighted by Crippen LogP contribution is -2.10. The van der Waals surface area contributed by atoms with E-state index in [0.717, 1.165) is 37.9 Å². The van der Waals surface area contributed by atoms with Crippen LogP contribution in [0.3, 0.4) is 0 Å². The van der Waals surface area contributed by atoms with Crippen LogP contribution < -0.4 is 0 Å². The predicted molar refractivity (Wildman–Crippen MR) is 91.8 cm³/mol. The van der Waals surface area contributed by atoms with Gasteiger partial charge in [0.25, 0.3) is 0 Å². The van der Waals surface area contributed by atoms with Crippen molar-refractivity contribution in [2.45, 2.75) is 66.2 Å². The minimum Gasteiger partial charge on any atom is -0.464 e. The fourth-order valence-electron chi connectivity index (χ4n) is 2.96. The number of hydrogen-bond donors (Lipinski definition) is 0. The molecule has 1 atom stereocenters. The lowest BCUT2D eigenvalue weighted by atomic mass is 9.93. The maximum absolute atomic E-state index is 12.2. The molecular formula is C20H28O2. The molecule has 0 spiro atoms. The van der Waals surface area contributed by atoms with E-state index in [1.807, 2.05) is 6.26 Å². The van der Waals surface area contributed by atoms with E-state index < -0.39 is 0 Å². The molecule has 0 saturated heterocycles. The number of carbonyl (C=O) groups excluding carboxylic acids is 1. The summed E-state index contributed by atoms with van der Waals surface area (Å²) >= 11 is 0. The Labute approximate surface area is 134 Å². The van der Waals surface area contributed by atoms with Crippen molar-refractivity contribution < 1.29 is 9.21 Å². The number of rotatable bonds is 0. The number of hydrogen-bond acceptors (Lipinski definition) is 2. The third-order valence-corrected chi connectivity index (χ3v) is 4.69. The van der Waals surface area contributed by atoms with Gasteiger partial charge in [-0.1, -0.05) is 24.1 Å². The van der Waals surface area contributed by atoms with Crippen LogP contribution in [0.1, 0.15) is 69.8 Å². The van der Waals surface area contributed by atoms with E-state index in [0.29, 0.717) is 12.2 Å². The van der Waals surface area contributed by atoms with Gasteiger partial charge >= 0.3 is 0 Å². The van der Waals surface area contributed by atoms with Gasteiger partial charge in [0.1, 0.15) is 11.5 Å². The van der Waals surface area contributed by atoms with Crippen molar-refractivity contribution in [3.8, 4) is 0 Å². The molecule has 0 unspecified atom stereocenters. The maximum Gasteiger partial charge on any atom is 0.136 e. The maximum atomic E-state index is 12.2. The average Bonchev–Trinajstić information content (AvgIpc) is 2.82. The normalized spacial score (nSPS) is 26.4. The topological polar surface area (TPSA) is 30.2 Å². The molecule has 0 N–H and O–H groups in total. The van der Waals surface area contributed by atoms with E-state index in [9.17, 15) is 4.79 Å². The van der Waals surface area contributed by atoms with Gasteiger partial charge in [-0.2, -0.15) is 0 Å². The molecule has 120 valence electrons. The van der Waals surface area contributed by atoms with Gasteiger partial charge in [-0.25, -0.2) is 0 Å². The van der Waals surface area contributed by atoms with Crippen molar-refractivity contribution >= 4 is 11.9 Å². The highest BCUT2D eigenvalue weighted by Crippen LogP contribution is 2.25. The molecule has 0 bridgehead atoms. The first kappa shape index (κ1) is 16.8. The van der Waals surface area contributed by atoms with Crippen LogP contribution in [-0.4, -0.2) is 5.78 Å². The molecule has 2 heteroatoms. The molecule has 0 radical (unpaired) electrons. The van der Waals surface area contributed by atoms with Gasteiger partial charge in [0.15, 0.2) is 0 Å². The Balaban J connectivity index is 2.26. The van der Waals surface area contributed by atoms with Gasteiger partial charge in [-0.3, -0.25) is 4.79 Å². The van der Waals surface area contributed by atoms with Gasteiger partial charge in [0, 0.05) is 17.9 Å². The first-order chi connectivity index (χ1) is 10.5. The zero-order valence-corrected chi connectivity index (χ0v) is 14.4. The second-order valence-electron chi connectivity index (χ2n) is 6.75. The Bertz CT molecular complexity index is 587. The Morgan fingerprint density at radius 3 is 2.55 bits per heavy atom. The van der Waals surface area contributed by atoms with Gasteiger partial charge in [-0.15, -0.1) is 0 Å². The van der Waals surface area contributed by atoms with Gasteiger partial charge in [0.05, 0.1) is 6.26 Å². The van der Waals surface area contributed by atoms with E-state index in [-0.39, 0.29) is 5.92 Å². The summed E-state index contributed by atoms with van der Waals surface area (Å²) < 4.78 is 5.72. The number of fused-ring (bicyclic) bond motifs is 1. The highest BCUT2D eigenvalue weighted by atomic mass is 16.3. The van der Waals surface area contributed by atoms with Crippen LogP contribution in [0, 0.1) is 12.8 Å². The lowest BCUT2D eigenvalue weighted by molar-refractivity contribution is -0.122. The summed E-state index contributed by atoms with van der Waals surface area (Å²) in [7, 11) is 0. The second kappa shape index (κ2) is 7.62. The van der Waals surface area contributed by atoms with Gasteiger partial charge in [0.2, 0.25) is 0 Å². The number of furan rings is 1. The van der Waals surface area contributed by atoms with E-state index in [2.05, 4.69) is 39.8 Å². The number of carbonyl (C=O) groups is 1. The molecule has 0 amide bonds. The lowest BCUT2D eigenvalue weighted by Gasteiger charge is -2.11. The molecule has 22 heavy (non-hydrogen) atoms. The molecule has 0 saturated carbocycles. The minimum absolute atomic E-state index is 0.168. The summed E-state index contributed by atoms with van der Waals surface area (Å²) in [4.78, 5) is 12.2. The highest BCUT2D eigenvalue weighted by Gasteiger charge is 2.14. The van der Waals surface area contributed by atoms with E-state index in [1.54, 1.807) is 0 Å². The standard InChI is InChI=1S/C20H28O2/c1-14-6-5-7-16(3)19(21)11-9-15(2)12-20-18(10-8-14)17(4)13-22-20/h6,12-13,16H,5,7-11H2,1-4H3/b14-6+,15-12+/t16-/m1/s1. The van der Waals surface area contributed by atoms with Crippen molar-refractivity contribution in [1.82, 2.24) is 0 Å². The zero-order valence-electron chi connectivity index (χ0n) is 14.4. The molecule has 0 aromatic carbocycles. The second-order valence-corrected chi connectivity index (χ2v) is 6.75. The van der Waals surface area contributed by atoms with Crippen molar-refractivity contribution in [2.75, 3.05) is 0 Å². The van der Waals surface area contributed by atoms with E-state index >= 15 is 0 Å². The van der Waals surface area contributed by atoms with Crippen LogP contribution in [0.2, 0.25) is 0 Å². The Morgan fingerprint density at radius 1 is 1.05 bits per heavy atom. The number of Topliss-reactive ketones (excluding diaryl/α,β-unsaturated/α-hetero) is 1. The Kier molecular flexibility index (Phi) is 5.82. The molecule has 1 aliphatic carbocycles. The van der Waals surface area contributed by atoms with Crippen molar-refractivity contribution in [3.63, 3.8) is 0 Å².